The fourth-order valence-corrected chi connectivity index (χ4v) is 2.79. The quantitative estimate of drug-likeness (QED) is 0.770. The van der Waals surface area contributed by atoms with E-state index in [-0.39, 0.29) is 11.8 Å². The van der Waals surface area contributed by atoms with E-state index in [0.29, 0.717) is 21.9 Å². The summed E-state index contributed by atoms with van der Waals surface area (Å²) in [6, 6.07) is 14.2. The van der Waals surface area contributed by atoms with E-state index in [1.807, 2.05) is 30.8 Å². The molecule has 0 aliphatic rings. The minimum atomic E-state index is -0.195. The van der Waals surface area contributed by atoms with E-state index in [1.165, 1.54) is 11.3 Å². The maximum Gasteiger partial charge on any atom is 0.272 e. The maximum absolute atomic E-state index is 12.2. The molecule has 2 N–H and O–H groups in total. The Kier molecular flexibility index (Phi) is 4.25. The van der Waals surface area contributed by atoms with Crippen LogP contribution >= 0.6 is 11.3 Å². The number of rotatable bonds is 4. The van der Waals surface area contributed by atoms with Gasteiger partial charge >= 0.3 is 0 Å². The molecular weight excluding hydrogens is 310 g/mol. The lowest BCUT2D eigenvalue weighted by molar-refractivity contribution is 0.101. The van der Waals surface area contributed by atoms with Crippen LogP contribution in [0.25, 0.3) is 0 Å². The Bertz CT molecular complexity index is 837. The molecule has 0 aliphatic heterocycles. The summed E-state index contributed by atoms with van der Waals surface area (Å²) in [7, 11) is 1.81. The number of amides is 2. The topological polar surface area (TPSA) is 63.1 Å². The third kappa shape index (κ3) is 3.49. The van der Waals surface area contributed by atoms with E-state index < -0.39 is 0 Å². The number of nitrogens with one attached hydrogen (secondary N) is 2. The van der Waals surface area contributed by atoms with Gasteiger partial charge in [-0.15, -0.1) is 11.3 Å². The third-order valence-electron chi connectivity index (χ3n) is 3.30. The Balaban J connectivity index is 1.71. The first-order valence-corrected chi connectivity index (χ1v) is 7.89. The SMILES string of the molecule is Cn1cccc1C(=O)Nc1cccc(NC(=O)c2cccs2)c1. The number of hydrogen-bond donors (Lipinski definition) is 2. The first-order chi connectivity index (χ1) is 11.1. The molecule has 2 aromatic heterocycles. The largest absolute Gasteiger partial charge is 0.347 e. The number of carbonyl (C=O) groups excluding carboxylic acids is 2. The van der Waals surface area contributed by atoms with Gasteiger partial charge < -0.3 is 15.2 Å². The van der Waals surface area contributed by atoms with Crippen molar-refractivity contribution in [2.75, 3.05) is 10.6 Å². The molecule has 0 bridgehead atoms. The van der Waals surface area contributed by atoms with E-state index >= 15 is 0 Å². The molecule has 0 spiro atoms. The van der Waals surface area contributed by atoms with Gasteiger partial charge in [-0.3, -0.25) is 9.59 Å². The molecule has 0 fully saturated rings. The first-order valence-electron chi connectivity index (χ1n) is 7.01. The average molecular weight is 325 g/mol. The third-order valence-corrected chi connectivity index (χ3v) is 4.17. The molecule has 0 unspecified atom stereocenters. The predicted molar refractivity (Wildman–Crippen MR) is 92.1 cm³/mol. The van der Waals surface area contributed by atoms with Crippen molar-refractivity contribution in [3.63, 3.8) is 0 Å². The fraction of sp³-hybridized carbons (Fsp3) is 0.0588. The van der Waals surface area contributed by atoms with Gasteiger partial charge in [0.05, 0.1) is 4.88 Å². The summed E-state index contributed by atoms with van der Waals surface area (Å²) in [5, 5.41) is 7.50. The number of nitrogens with zero attached hydrogens (tertiary/aromatic N) is 1. The molecule has 3 rings (SSSR count). The van der Waals surface area contributed by atoms with Crippen LogP contribution in [0, 0.1) is 0 Å². The summed E-state index contributed by atoms with van der Waals surface area (Å²) in [6.45, 7) is 0. The summed E-state index contributed by atoms with van der Waals surface area (Å²) in [4.78, 5) is 24.9. The lowest BCUT2D eigenvalue weighted by Crippen LogP contribution is -2.15. The molecule has 116 valence electrons. The number of thiophene rings is 1. The average Bonchev–Trinajstić information content (AvgIpc) is 3.18. The fourth-order valence-electron chi connectivity index (χ4n) is 2.17. The van der Waals surface area contributed by atoms with E-state index in [4.69, 9.17) is 0 Å². The van der Waals surface area contributed by atoms with Crippen LogP contribution < -0.4 is 10.6 Å². The molecule has 0 atom stereocenters. The highest BCUT2D eigenvalue weighted by Gasteiger charge is 2.10. The molecule has 23 heavy (non-hydrogen) atoms. The second kappa shape index (κ2) is 6.50. The van der Waals surface area contributed by atoms with Gasteiger partial charge in [0.2, 0.25) is 0 Å². The minimum Gasteiger partial charge on any atom is -0.347 e. The molecule has 0 saturated carbocycles. The molecule has 5 nitrogen and oxygen atoms in total. The van der Waals surface area contributed by atoms with Crippen LogP contribution in [0.5, 0.6) is 0 Å². The van der Waals surface area contributed by atoms with Crippen LogP contribution in [-0.2, 0) is 7.05 Å². The van der Waals surface area contributed by atoms with Crippen LogP contribution in [0.4, 0.5) is 11.4 Å². The highest BCUT2D eigenvalue weighted by Crippen LogP contribution is 2.18. The van der Waals surface area contributed by atoms with Gasteiger partial charge in [0.1, 0.15) is 5.69 Å². The Labute approximate surface area is 137 Å². The van der Waals surface area contributed by atoms with E-state index in [1.54, 1.807) is 41.0 Å². The molecular formula is C17H15N3O2S. The molecule has 2 heterocycles. The van der Waals surface area contributed by atoms with E-state index in [9.17, 15) is 9.59 Å². The number of anilines is 2. The summed E-state index contributed by atoms with van der Waals surface area (Å²) >= 11 is 1.38. The normalized spacial score (nSPS) is 10.3. The first kappa shape index (κ1) is 15.1. The van der Waals surface area contributed by atoms with Gasteiger partial charge in [-0.25, -0.2) is 0 Å². The van der Waals surface area contributed by atoms with Crippen LogP contribution in [0.3, 0.4) is 0 Å². The second-order valence-corrected chi connectivity index (χ2v) is 5.92. The Morgan fingerprint density at radius 3 is 2.30 bits per heavy atom. The zero-order chi connectivity index (χ0) is 16.2. The number of aromatic nitrogens is 1. The van der Waals surface area contributed by atoms with Crippen molar-refractivity contribution in [3.05, 3.63) is 70.7 Å². The lowest BCUT2D eigenvalue weighted by Gasteiger charge is -2.09. The maximum atomic E-state index is 12.2. The minimum absolute atomic E-state index is 0.161. The number of hydrogen-bond acceptors (Lipinski definition) is 3. The summed E-state index contributed by atoms with van der Waals surface area (Å²) in [5.41, 5.74) is 1.83. The van der Waals surface area contributed by atoms with Crippen molar-refractivity contribution < 1.29 is 9.59 Å². The van der Waals surface area contributed by atoms with Crippen molar-refractivity contribution in [1.82, 2.24) is 4.57 Å². The monoisotopic (exact) mass is 325 g/mol. The Morgan fingerprint density at radius 2 is 1.70 bits per heavy atom. The van der Waals surface area contributed by atoms with Crippen LogP contribution in [0.2, 0.25) is 0 Å². The molecule has 1 aromatic carbocycles. The number of aryl methyl sites for hydroxylation is 1. The summed E-state index contributed by atoms with van der Waals surface area (Å²) in [6.07, 6.45) is 1.81. The molecule has 3 aromatic rings. The van der Waals surface area contributed by atoms with Crippen LogP contribution in [0.15, 0.2) is 60.1 Å². The van der Waals surface area contributed by atoms with Crippen molar-refractivity contribution in [1.29, 1.82) is 0 Å². The predicted octanol–water partition coefficient (Wildman–Crippen LogP) is 3.59. The lowest BCUT2D eigenvalue weighted by atomic mass is 10.2. The van der Waals surface area contributed by atoms with Crippen molar-refractivity contribution in [2.24, 2.45) is 7.05 Å². The zero-order valence-electron chi connectivity index (χ0n) is 12.4. The van der Waals surface area contributed by atoms with Gasteiger partial charge in [0.25, 0.3) is 11.8 Å². The highest BCUT2D eigenvalue weighted by atomic mass is 32.1. The van der Waals surface area contributed by atoms with Gasteiger partial charge in [0, 0.05) is 24.6 Å². The number of benzene rings is 1. The molecule has 0 saturated heterocycles. The Hall–Kier alpha value is -2.86. The Morgan fingerprint density at radius 1 is 0.957 bits per heavy atom. The number of carbonyl (C=O) groups is 2. The smallest absolute Gasteiger partial charge is 0.272 e. The van der Waals surface area contributed by atoms with E-state index in [0.717, 1.165) is 0 Å². The molecule has 2 amide bonds. The second-order valence-electron chi connectivity index (χ2n) is 4.97. The van der Waals surface area contributed by atoms with Crippen LogP contribution in [0.1, 0.15) is 20.2 Å². The van der Waals surface area contributed by atoms with Gasteiger partial charge in [-0.1, -0.05) is 12.1 Å². The van der Waals surface area contributed by atoms with Gasteiger partial charge in [-0.05, 0) is 41.8 Å². The van der Waals surface area contributed by atoms with E-state index in [2.05, 4.69) is 10.6 Å². The van der Waals surface area contributed by atoms with Crippen LogP contribution in [-0.4, -0.2) is 16.4 Å². The zero-order valence-corrected chi connectivity index (χ0v) is 13.3. The summed E-state index contributed by atoms with van der Waals surface area (Å²) in [5.74, 6) is -0.356. The van der Waals surface area contributed by atoms with Crippen molar-refractivity contribution >= 4 is 34.5 Å². The van der Waals surface area contributed by atoms with Crippen molar-refractivity contribution in [2.45, 2.75) is 0 Å². The molecule has 0 radical (unpaired) electrons. The molecule has 6 heteroatoms. The van der Waals surface area contributed by atoms with Gasteiger partial charge in [-0.2, -0.15) is 0 Å². The van der Waals surface area contributed by atoms with Gasteiger partial charge in [0.15, 0.2) is 0 Å². The standard InChI is InChI=1S/C17H15N3O2S/c1-20-9-3-7-14(20)16(21)18-12-5-2-6-13(11-12)19-17(22)15-8-4-10-23-15/h2-11H,1H3,(H,18,21)(H,19,22). The summed E-state index contributed by atoms with van der Waals surface area (Å²) < 4.78 is 1.75. The molecule has 0 aliphatic carbocycles. The highest BCUT2D eigenvalue weighted by molar-refractivity contribution is 7.12. The van der Waals surface area contributed by atoms with Crippen molar-refractivity contribution in [3.8, 4) is 0 Å².